The van der Waals surface area contributed by atoms with E-state index >= 15 is 0 Å². The van der Waals surface area contributed by atoms with E-state index in [9.17, 15) is 13.2 Å². The molecule has 0 unspecified atom stereocenters. The number of sulfonamides is 1. The van der Waals surface area contributed by atoms with E-state index in [1.165, 1.54) is 6.07 Å². The van der Waals surface area contributed by atoms with Gasteiger partial charge in [0, 0.05) is 24.0 Å². The van der Waals surface area contributed by atoms with Crippen LogP contribution < -0.4 is 10.0 Å². The summed E-state index contributed by atoms with van der Waals surface area (Å²) in [6.07, 6.45) is 0. The summed E-state index contributed by atoms with van der Waals surface area (Å²) in [5.74, 6) is -0.0691. The van der Waals surface area contributed by atoms with Crippen LogP contribution in [0.25, 0.3) is 0 Å². The molecule has 1 aromatic heterocycles. The van der Waals surface area contributed by atoms with Gasteiger partial charge in [0.1, 0.15) is 12.4 Å². The molecule has 0 radical (unpaired) electrons. The van der Waals surface area contributed by atoms with Crippen molar-refractivity contribution < 1.29 is 13.2 Å². The first-order chi connectivity index (χ1) is 11.4. The third-order valence-corrected chi connectivity index (χ3v) is 5.38. The van der Waals surface area contributed by atoms with Gasteiger partial charge in [0.05, 0.1) is 11.4 Å². The van der Waals surface area contributed by atoms with Crippen LogP contribution in [0.5, 0.6) is 0 Å². The molecular formula is C16H18N4O3S. The van der Waals surface area contributed by atoms with E-state index in [0.717, 1.165) is 11.4 Å². The fourth-order valence-corrected chi connectivity index (χ4v) is 3.74. The van der Waals surface area contributed by atoms with E-state index in [0.29, 0.717) is 12.1 Å². The van der Waals surface area contributed by atoms with Gasteiger partial charge < -0.3 is 9.88 Å². The van der Waals surface area contributed by atoms with Gasteiger partial charge >= 0.3 is 0 Å². The predicted molar refractivity (Wildman–Crippen MR) is 90.2 cm³/mol. The second-order valence-electron chi connectivity index (χ2n) is 5.57. The highest BCUT2D eigenvalue weighted by atomic mass is 32.2. The first-order valence-electron chi connectivity index (χ1n) is 7.43. The third kappa shape index (κ3) is 3.05. The van der Waals surface area contributed by atoms with E-state index in [1.54, 1.807) is 18.2 Å². The molecule has 1 aromatic carbocycles. The van der Waals surface area contributed by atoms with Crippen molar-refractivity contribution in [3.05, 3.63) is 53.3 Å². The monoisotopic (exact) mass is 346 g/mol. The van der Waals surface area contributed by atoms with Crippen molar-refractivity contribution in [1.82, 2.24) is 14.6 Å². The fraction of sp³-hybridized carbons (Fsp3) is 0.250. The first-order valence-corrected chi connectivity index (χ1v) is 8.91. The zero-order chi connectivity index (χ0) is 17.3. The lowest BCUT2D eigenvalue weighted by molar-refractivity contribution is -0.119. The van der Waals surface area contributed by atoms with Gasteiger partial charge in [-0.3, -0.25) is 14.5 Å². The van der Waals surface area contributed by atoms with Crippen molar-refractivity contribution in [2.24, 2.45) is 12.0 Å². The average molecular weight is 346 g/mol. The summed E-state index contributed by atoms with van der Waals surface area (Å²) in [5, 5.41) is 2.78. The van der Waals surface area contributed by atoms with Crippen molar-refractivity contribution in [2.75, 3.05) is 6.54 Å². The number of hydrogen-bond acceptors (Lipinski definition) is 4. The smallest absolute Gasteiger partial charge is 0.263 e. The molecule has 0 fully saturated rings. The average Bonchev–Trinajstić information content (AvgIpc) is 3.01. The molecule has 0 spiro atoms. The maximum atomic E-state index is 12.0. The van der Waals surface area contributed by atoms with Crippen LogP contribution in [-0.2, 0) is 28.4 Å². The van der Waals surface area contributed by atoms with Crippen LogP contribution in [0.15, 0.2) is 46.3 Å². The topological polar surface area (TPSA) is 92.6 Å². The number of amidine groups is 1. The molecule has 2 heterocycles. The lowest BCUT2D eigenvalue weighted by Gasteiger charge is -2.06. The SMILES string of the molecule is Cc1ccc(CNC(=O)CN=C2NS(=O)(=O)c3ccccc32)n1C. The molecule has 0 atom stereocenters. The quantitative estimate of drug-likeness (QED) is 0.853. The molecule has 2 aromatic rings. The van der Waals surface area contributed by atoms with Crippen LogP contribution in [-0.4, -0.2) is 31.3 Å². The number of hydrogen-bond donors (Lipinski definition) is 2. The predicted octanol–water partition coefficient (Wildman–Crippen LogP) is 0.688. The van der Waals surface area contributed by atoms with Crippen LogP contribution in [0, 0.1) is 6.92 Å². The first kappa shape index (κ1) is 16.3. The Kier molecular flexibility index (Phi) is 4.15. The fourth-order valence-electron chi connectivity index (χ4n) is 2.49. The molecule has 0 aliphatic carbocycles. The van der Waals surface area contributed by atoms with Gasteiger partial charge in [-0.2, -0.15) is 0 Å². The molecular weight excluding hydrogens is 328 g/mol. The van der Waals surface area contributed by atoms with Gasteiger partial charge in [0.15, 0.2) is 0 Å². The highest BCUT2D eigenvalue weighted by Crippen LogP contribution is 2.21. The molecule has 2 N–H and O–H groups in total. The standard InChI is InChI=1S/C16H18N4O3S/c1-11-7-8-12(20(11)2)9-17-15(21)10-18-16-13-5-3-4-6-14(13)24(22,23)19-16/h3-8H,9-10H2,1-2H3,(H,17,21)(H,18,19). The van der Waals surface area contributed by atoms with Gasteiger partial charge in [0.2, 0.25) is 5.91 Å². The minimum atomic E-state index is -3.58. The van der Waals surface area contributed by atoms with E-state index in [2.05, 4.69) is 15.0 Å². The van der Waals surface area contributed by atoms with Gasteiger partial charge in [-0.1, -0.05) is 12.1 Å². The lowest BCUT2D eigenvalue weighted by Crippen LogP contribution is -2.28. The molecule has 24 heavy (non-hydrogen) atoms. The summed E-state index contributed by atoms with van der Waals surface area (Å²) in [6, 6.07) is 10.5. The summed E-state index contributed by atoms with van der Waals surface area (Å²) in [5.41, 5.74) is 2.58. The maximum absolute atomic E-state index is 12.0. The van der Waals surface area contributed by atoms with Crippen molar-refractivity contribution in [2.45, 2.75) is 18.4 Å². The van der Waals surface area contributed by atoms with E-state index in [-0.39, 0.29) is 23.2 Å². The highest BCUT2D eigenvalue weighted by molar-refractivity contribution is 7.90. The Hall–Kier alpha value is -2.61. The molecule has 1 aliphatic rings. The minimum Gasteiger partial charge on any atom is -0.350 e. The number of nitrogens with zero attached hydrogens (tertiary/aromatic N) is 2. The summed E-state index contributed by atoms with van der Waals surface area (Å²) in [4.78, 5) is 16.3. The molecule has 1 amide bonds. The van der Waals surface area contributed by atoms with Crippen LogP contribution >= 0.6 is 0 Å². The number of fused-ring (bicyclic) bond motifs is 1. The number of rotatable bonds is 4. The summed E-state index contributed by atoms with van der Waals surface area (Å²) >= 11 is 0. The molecule has 1 aliphatic heterocycles. The normalized spacial score (nSPS) is 16.7. The van der Waals surface area contributed by atoms with Crippen LogP contribution in [0.4, 0.5) is 0 Å². The molecule has 0 saturated heterocycles. The number of amides is 1. The van der Waals surface area contributed by atoms with Crippen molar-refractivity contribution in [3.8, 4) is 0 Å². The van der Waals surface area contributed by atoms with Crippen LogP contribution in [0.1, 0.15) is 17.0 Å². The van der Waals surface area contributed by atoms with Gasteiger partial charge in [-0.15, -0.1) is 0 Å². The number of aryl methyl sites for hydroxylation is 1. The van der Waals surface area contributed by atoms with E-state index < -0.39 is 10.0 Å². The molecule has 7 nitrogen and oxygen atoms in total. The molecule has 0 saturated carbocycles. The van der Waals surface area contributed by atoms with Crippen molar-refractivity contribution in [3.63, 3.8) is 0 Å². The van der Waals surface area contributed by atoms with Crippen molar-refractivity contribution in [1.29, 1.82) is 0 Å². The zero-order valence-corrected chi connectivity index (χ0v) is 14.2. The van der Waals surface area contributed by atoms with Crippen LogP contribution in [0.3, 0.4) is 0 Å². The number of carbonyl (C=O) groups excluding carboxylic acids is 1. The lowest BCUT2D eigenvalue weighted by atomic mass is 10.2. The summed E-state index contributed by atoms with van der Waals surface area (Å²) in [7, 11) is -1.64. The second kappa shape index (κ2) is 6.12. The number of aliphatic imine (C=N–C) groups is 1. The van der Waals surface area contributed by atoms with E-state index in [1.807, 2.05) is 30.7 Å². The molecule has 0 bridgehead atoms. The Morgan fingerprint density at radius 3 is 2.71 bits per heavy atom. The maximum Gasteiger partial charge on any atom is 0.263 e. The number of benzene rings is 1. The van der Waals surface area contributed by atoms with Gasteiger partial charge in [-0.05, 0) is 31.2 Å². The second-order valence-corrected chi connectivity index (χ2v) is 7.22. The Bertz CT molecular complexity index is 929. The molecule has 8 heteroatoms. The van der Waals surface area contributed by atoms with Gasteiger partial charge in [-0.25, -0.2) is 8.42 Å². The minimum absolute atomic E-state index is 0.143. The Morgan fingerprint density at radius 1 is 1.25 bits per heavy atom. The zero-order valence-electron chi connectivity index (χ0n) is 13.4. The Morgan fingerprint density at radius 2 is 2.00 bits per heavy atom. The van der Waals surface area contributed by atoms with E-state index in [4.69, 9.17) is 0 Å². The number of nitrogens with one attached hydrogen (secondary N) is 2. The summed E-state index contributed by atoms with van der Waals surface area (Å²) in [6.45, 7) is 2.24. The molecule has 3 rings (SSSR count). The van der Waals surface area contributed by atoms with Crippen molar-refractivity contribution >= 4 is 21.8 Å². The van der Waals surface area contributed by atoms with Crippen LogP contribution in [0.2, 0.25) is 0 Å². The summed E-state index contributed by atoms with van der Waals surface area (Å²) < 4.78 is 28.3. The highest BCUT2D eigenvalue weighted by Gasteiger charge is 2.30. The molecule has 126 valence electrons. The van der Waals surface area contributed by atoms with Gasteiger partial charge in [0.25, 0.3) is 10.0 Å². The third-order valence-electron chi connectivity index (χ3n) is 3.99. The Labute approximate surface area is 140 Å². The number of carbonyl (C=O) groups is 1. The Balaban J connectivity index is 1.66. The number of aromatic nitrogens is 1. The largest absolute Gasteiger partial charge is 0.350 e.